The largest absolute Gasteiger partial charge is 0.353 e. The molecule has 0 N–H and O–H groups in total. The van der Waals surface area contributed by atoms with Crippen LogP contribution >= 0.6 is 0 Å². The quantitative estimate of drug-likeness (QED) is 0.560. The number of hydrogen-bond donors (Lipinski definition) is 0. The third-order valence-electron chi connectivity index (χ3n) is 4.48. The third-order valence-corrected chi connectivity index (χ3v) is 4.48. The molecule has 2 radical (unpaired) electrons. The minimum Gasteiger partial charge on any atom is -0.353 e. The van der Waals surface area contributed by atoms with Gasteiger partial charge >= 0.3 is 0 Å². The van der Waals surface area contributed by atoms with Gasteiger partial charge in [-0.1, -0.05) is 60.7 Å². The molecule has 1 unspecified atom stereocenters. The smallest absolute Gasteiger partial charge is 0.157 e. The molecule has 3 heteroatoms. The first-order chi connectivity index (χ1) is 12.9. The van der Waals surface area contributed by atoms with E-state index in [-0.39, 0.29) is 6.29 Å². The van der Waals surface area contributed by atoms with Crippen LogP contribution in [0.15, 0.2) is 60.7 Å². The fourth-order valence-electron chi connectivity index (χ4n) is 3.08. The van der Waals surface area contributed by atoms with Crippen molar-refractivity contribution < 1.29 is 9.47 Å². The highest BCUT2D eigenvalue weighted by atomic mass is 16.7. The van der Waals surface area contributed by atoms with Gasteiger partial charge in [-0.2, -0.15) is 0 Å². The molecule has 3 rings (SSSR count). The zero-order valence-electron chi connectivity index (χ0n) is 15.4. The van der Waals surface area contributed by atoms with Crippen LogP contribution in [0.1, 0.15) is 43.2 Å². The van der Waals surface area contributed by atoms with Gasteiger partial charge in [-0.25, -0.2) is 0 Å². The molecule has 2 aromatic carbocycles. The lowest BCUT2D eigenvalue weighted by molar-refractivity contribution is -0.162. The number of benzene rings is 2. The van der Waals surface area contributed by atoms with Crippen molar-refractivity contribution >= 4 is 0 Å². The number of ether oxygens (including phenoxy) is 2. The molecule has 0 saturated carbocycles. The molecule has 0 bridgehead atoms. The van der Waals surface area contributed by atoms with Gasteiger partial charge in [-0.3, -0.25) is 4.90 Å². The Balaban J connectivity index is 1.43. The molecule has 1 atom stereocenters. The SMILES string of the molecule is [CH](c1ccccc1)N([CH]c1ccccc1)CCCCOC1CCCCO1. The van der Waals surface area contributed by atoms with E-state index in [4.69, 9.17) is 9.47 Å². The van der Waals surface area contributed by atoms with Gasteiger partial charge in [0.25, 0.3) is 0 Å². The lowest BCUT2D eigenvalue weighted by atomic mass is 10.1. The minimum absolute atomic E-state index is 0.0200. The van der Waals surface area contributed by atoms with Gasteiger partial charge in [-0.05, 0) is 49.8 Å². The van der Waals surface area contributed by atoms with Crippen LogP contribution in [0.4, 0.5) is 0 Å². The zero-order chi connectivity index (χ0) is 17.9. The third kappa shape index (κ3) is 6.91. The fraction of sp³-hybridized carbons (Fsp3) is 0.391. The molecule has 1 saturated heterocycles. The lowest BCUT2D eigenvalue weighted by Crippen LogP contribution is -2.23. The Labute approximate surface area is 157 Å². The van der Waals surface area contributed by atoms with E-state index in [1.807, 2.05) is 12.1 Å². The van der Waals surface area contributed by atoms with Crippen molar-refractivity contribution in [2.45, 2.75) is 38.4 Å². The first kappa shape index (κ1) is 19.1. The summed E-state index contributed by atoms with van der Waals surface area (Å²) in [6.45, 7) is 7.00. The van der Waals surface area contributed by atoms with Crippen molar-refractivity contribution in [1.82, 2.24) is 4.90 Å². The van der Waals surface area contributed by atoms with Gasteiger partial charge in [0, 0.05) is 13.2 Å². The summed E-state index contributed by atoms with van der Waals surface area (Å²) in [5.74, 6) is 0. The molecule has 0 aromatic heterocycles. The number of unbranched alkanes of at least 4 members (excludes halogenated alkanes) is 1. The predicted octanol–water partition coefficient (Wildman–Crippen LogP) is 5.03. The van der Waals surface area contributed by atoms with E-state index < -0.39 is 0 Å². The average molecular weight is 351 g/mol. The van der Waals surface area contributed by atoms with E-state index in [9.17, 15) is 0 Å². The van der Waals surface area contributed by atoms with Crippen LogP contribution in [0.25, 0.3) is 0 Å². The van der Waals surface area contributed by atoms with Crippen molar-refractivity contribution in [1.29, 1.82) is 0 Å². The maximum atomic E-state index is 5.84. The molecule has 3 nitrogen and oxygen atoms in total. The van der Waals surface area contributed by atoms with Crippen LogP contribution < -0.4 is 0 Å². The van der Waals surface area contributed by atoms with Crippen LogP contribution in [-0.2, 0) is 9.47 Å². The summed E-state index contributed by atoms with van der Waals surface area (Å²) in [4.78, 5) is 2.28. The topological polar surface area (TPSA) is 21.7 Å². The molecule has 0 aliphatic carbocycles. The minimum atomic E-state index is 0.0200. The van der Waals surface area contributed by atoms with Crippen molar-refractivity contribution in [2.75, 3.05) is 19.8 Å². The molecule has 138 valence electrons. The summed E-state index contributed by atoms with van der Waals surface area (Å²) in [6.07, 6.45) is 5.57. The Morgan fingerprint density at radius 2 is 1.54 bits per heavy atom. The standard InChI is InChI=1S/C23H29NO2/c1-3-11-21(12-4-1)19-24(20-22-13-5-2-6-14-22)16-8-10-18-26-23-15-7-9-17-25-23/h1-6,11-14,19-20,23H,7-10,15-18H2. The number of nitrogens with zero attached hydrogens (tertiary/aromatic N) is 1. The van der Waals surface area contributed by atoms with E-state index in [1.165, 1.54) is 24.0 Å². The molecule has 1 aliphatic heterocycles. The van der Waals surface area contributed by atoms with Gasteiger partial charge in [0.1, 0.15) is 0 Å². The van der Waals surface area contributed by atoms with Crippen LogP contribution in [0, 0.1) is 13.1 Å². The van der Waals surface area contributed by atoms with Crippen molar-refractivity contribution in [3.8, 4) is 0 Å². The summed E-state index contributed by atoms with van der Waals surface area (Å²) >= 11 is 0. The van der Waals surface area contributed by atoms with E-state index in [1.54, 1.807) is 0 Å². The second kappa shape index (κ2) is 11.1. The van der Waals surface area contributed by atoms with Crippen LogP contribution in [0.3, 0.4) is 0 Å². The van der Waals surface area contributed by atoms with Crippen LogP contribution in [0.2, 0.25) is 0 Å². The molecule has 2 aromatic rings. The van der Waals surface area contributed by atoms with Crippen LogP contribution in [0.5, 0.6) is 0 Å². The molecule has 1 fully saturated rings. The average Bonchev–Trinajstić information content (AvgIpc) is 2.70. The Bertz CT molecular complexity index is 555. The molecule has 1 heterocycles. The highest BCUT2D eigenvalue weighted by Crippen LogP contribution is 2.16. The summed E-state index contributed by atoms with van der Waals surface area (Å²) in [5.41, 5.74) is 2.43. The Morgan fingerprint density at radius 3 is 2.12 bits per heavy atom. The molecule has 0 amide bonds. The van der Waals surface area contributed by atoms with Gasteiger partial charge in [0.05, 0.1) is 13.1 Å². The Morgan fingerprint density at radius 1 is 0.885 bits per heavy atom. The summed E-state index contributed by atoms with van der Waals surface area (Å²) in [5, 5.41) is 0. The maximum Gasteiger partial charge on any atom is 0.157 e. The summed E-state index contributed by atoms with van der Waals surface area (Å²) in [6, 6.07) is 20.9. The molecular weight excluding hydrogens is 322 g/mol. The van der Waals surface area contributed by atoms with E-state index >= 15 is 0 Å². The van der Waals surface area contributed by atoms with Gasteiger partial charge < -0.3 is 9.47 Å². The molecular formula is C23H29NO2. The van der Waals surface area contributed by atoms with Crippen LogP contribution in [-0.4, -0.2) is 30.9 Å². The van der Waals surface area contributed by atoms with Crippen molar-refractivity contribution in [2.24, 2.45) is 0 Å². The Kier molecular flexibility index (Phi) is 8.17. The van der Waals surface area contributed by atoms with Gasteiger partial charge in [0.15, 0.2) is 6.29 Å². The van der Waals surface area contributed by atoms with Gasteiger partial charge in [0.2, 0.25) is 0 Å². The highest BCUT2D eigenvalue weighted by Gasteiger charge is 2.14. The van der Waals surface area contributed by atoms with Crippen molar-refractivity contribution in [3.63, 3.8) is 0 Å². The van der Waals surface area contributed by atoms with E-state index in [0.717, 1.165) is 39.0 Å². The zero-order valence-corrected chi connectivity index (χ0v) is 15.4. The first-order valence-electron chi connectivity index (χ1n) is 9.69. The predicted molar refractivity (Wildman–Crippen MR) is 105 cm³/mol. The molecule has 1 aliphatic rings. The monoisotopic (exact) mass is 351 g/mol. The summed E-state index contributed by atoms with van der Waals surface area (Å²) in [7, 11) is 0. The second-order valence-corrected chi connectivity index (χ2v) is 6.69. The number of rotatable bonds is 10. The molecule has 0 spiro atoms. The first-order valence-corrected chi connectivity index (χ1v) is 9.69. The lowest BCUT2D eigenvalue weighted by Gasteiger charge is -2.23. The normalized spacial score (nSPS) is 17.5. The van der Waals surface area contributed by atoms with Gasteiger partial charge in [-0.15, -0.1) is 0 Å². The second-order valence-electron chi connectivity index (χ2n) is 6.69. The number of hydrogen-bond acceptors (Lipinski definition) is 3. The summed E-state index contributed by atoms with van der Waals surface area (Å²) < 4.78 is 11.5. The highest BCUT2D eigenvalue weighted by molar-refractivity contribution is 5.26. The fourth-order valence-corrected chi connectivity index (χ4v) is 3.08. The molecule has 26 heavy (non-hydrogen) atoms. The van der Waals surface area contributed by atoms with E-state index in [2.05, 4.69) is 66.5 Å². The Hall–Kier alpha value is -1.68. The van der Waals surface area contributed by atoms with E-state index in [0.29, 0.717) is 0 Å². The maximum absolute atomic E-state index is 5.84. The van der Waals surface area contributed by atoms with Crippen molar-refractivity contribution in [3.05, 3.63) is 84.9 Å².